The van der Waals surface area contributed by atoms with E-state index in [-0.39, 0.29) is 12.3 Å². The van der Waals surface area contributed by atoms with E-state index in [4.69, 9.17) is 5.41 Å². The predicted octanol–water partition coefficient (Wildman–Crippen LogP) is 4.86. The summed E-state index contributed by atoms with van der Waals surface area (Å²) >= 11 is 1.39. The van der Waals surface area contributed by atoms with Crippen molar-refractivity contribution >= 4 is 28.0 Å². The van der Waals surface area contributed by atoms with E-state index in [1.54, 1.807) is 4.57 Å². The maximum absolute atomic E-state index is 13.4. The molecule has 0 amide bonds. The molecule has 0 atom stereocenters. The number of Topliss-reactive ketones (excluding diaryl/α,β-unsaturated/α-hetero) is 1. The lowest BCUT2D eigenvalue weighted by Gasteiger charge is -2.10. The van der Waals surface area contributed by atoms with Gasteiger partial charge in [0.2, 0.25) is 0 Å². The summed E-state index contributed by atoms with van der Waals surface area (Å²) in [6.07, 6.45) is 1.88. The van der Waals surface area contributed by atoms with E-state index in [1.165, 1.54) is 11.3 Å². The zero-order chi connectivity index (χ0) is 19.0. The summed E-state index contributed by atoms with van der Waals surface area (Å²) in [5.74, 6) is 0.0357. The van der Waals surface area contributed by atoms with Crippen LogP contribution in [0.5, 0.6) is 0 Å². The standard InChI is InChI=1S/C22H21N3OS/c1-3-25-18-12-8-7-11-17(18)20(21(25)16-9-5-4-6-10-16)19(26)14-24-13-15(2)27-22(24)23/h4-13,23H,3,14H2,1-2H3. The van der Waals surface area contributed by atoms with Gasteiger partial charge >= 0.3 is 0 Å². The van der Waals surface area contributed by atoms with Crippen molar-refractivity contribution in [1.82, 2.24) is 9.13 Å². The van der Waals surface area contributed by atoms with Gasteiger partial charge in [-0.1, -0.05) is 48.5 Å². The van der Waals surface area contributed by atoms with Crippen LogP contribution in [0, 0.1) is 12.3 Å². The molecule has 1 N–H and O–H groups in total. The molecule has 2 heterocycles. The van der Waals surface area contributed by atoms with Gasteiger partial charge in [-0.2, -0.15) is 0 Å². The van der Waals surface area contributed by atoms with Crippen molar-refractivity contribution in [3.05, 3.63) is 76.0 Å². The first-order valence-corrected chi connectivity index (χ1v) is 9.83. The molecule has 4 nitrogen and oxygen atoms in total. The van der Waals surface area contributed by atoms with Gasteiger partial charge in [0.1, 0.15) is 0 Å². The van der Waals surface area contributed by atoms with Crippen LogP contribution in [0.1, 0.15) is 22.2 Å². The molecule has 5 heteroatoms. The Morgan fingerprint density at radius 3 is 2.44 bits per heavy atom. The van der Waals surface area contributed by atoms with Crippen LogP contribution in [-0.4, -0.2) is 14.9 Å². The van der Waals surface area contributed by atoms with Gasteiger partial charge in [0.25, 0.3) is 0 Å². The number of para-hydroxylation sites is 1. The molecular formula is C22H21N3OS. The van der Waals surface area contributed by atoms with E-state index in [1.807, 2.05) is 49.5 Å². The lowest BCUT2D eigenvalue weighted by atomic mass is 10.0. The molecule has 0 unspecified atom stereocenters. The highest BCUT2D eigenvalue weighted by molar-refractivity contribution is 7.09. The Balaban J connectivity index is 1.94. The number of ketones is 1. The van der Waals surface area contributed by atoms with Crippen molar-refractivity contribution in [3.8, 4) is 11.3 Å². The van der Waals surface area contributed by atoms with Crippen LogP contribution in [0.15, 0.2) is 60.8 Å². The zero-order valence-electron chi connectivity index (χ0n) is 15.4. The summed E-state index contributed by atoms with van der Waals surface area (Å²) in [6, 6.07) is 18.2. The van der Waals surface area contributed by atoms with Gasteiger partial charge in [-0.3, -0.25) is 10.2 Å². The monoisotopic (exact) mass is 375 g/mol. The van der Waals surface area contributed by atoms with Gasteiger partial charge in [-0.25, -0.2) is 0 Å². The molecule has 0 aliphatic carbocycles. The minimum atomic E-state index is 0.0357. The van der Waals surface area contributed by atoms with E-state index < -0.39 is 0 Å². The molecule has 0 saturated carbocycles. The first-order valence-electron chi connectivity index (χ1n) is 9.01. The molecule has 0 bridgehead atoms. The summed E-state index contributed by atoms with van der Waals surface area (Å²) in [6.45, 7) is 5.03. The Labute approximate surface area is 161 Å². The molecule has 0 radical (unpaired) electrons. The fourth-order valence-electron chi connectivity index (χ4n) is 3.68. The minimum absolute atomic E-state index is 0.0357. The maximum Gasteiger partial charge on any atom is 0.185 e. The van der Waals surface area contributed by atoms with Gasteiger partial charge in [0.15, 0.2) is 10.6 Å². The molecule has 4 rings (SSSR count). The number of aryl methyl sites for hydroxylation is 2. The van der Waals surface area contributed by atoms with E-state index in [2.05, 4.69) is 29.7 Å². The van der Waals surface area contributed by atoms with Crippen LogP contribution in [0.25, 0.3) is 22.2 Å². The lowest BCUT2D eigenvalue weighted by molar-refractivity contribution is 0.0973. The first kappa shape index (κ1) is 17.5. The second-order valence-electron chi connectivity index (χ2n) is 6.55. The van der Waals surface area contributed by atoms with Crippen molar-refractivity contribution in [2.75, 3.05) is 0 Å². The number of fused-ring (bicyclic) bond motifs is 1. The number of thiazole rings is 1. The van der Waals surface area contributed by atoms with Crippen molar-refractivity contribution in [2.45, 2.75) is 26.9 Å². The van der Waals surface area contributed by atoms with Gasteiger partial charge in [-0.15, -0.1) is 11.3 Å². The summed E-state index contributed by atoms with van der Waals surface area (Å²) in [7, 11) is 0. The molecule has 0 spiro atoms. The lowest BCUT2D eigenvalue weighted by Crippen LogP contribution is -2.19. The van der Waals surface area contributed by atoms with Crippen LogP contribution in [-0.2, 0) is 13.1 Å². The van der Waals surface area contributed by atoms with Crippen LogP contribution in [0.2, 0.25) is 0 Å². The zero-order valence-corrected chi connectivity index (χ0v) is 16.2. The molecule has 136 valence electrons. The van der Waals surface area contributed by atoms with Crippen LogP contribution >= 0.6 is 11.3 Å². The van der Waals surface area contributed by atoms with E-state index in [9.17, 15) is 4.79 Å². The van der Waals surface area contributed by atoms with Crippen molar-refractivity contribution < 1.29 is 4.79 Å². The number of benzene rings is 2. The van der Waals surface area contributed by atoms with E-state index >= 15 is 0 Å². The highest BCUT2D eigenvalue weighted by atomic mass is 32.1. The van der Waals surface area contributed by atoms with Crippen LogP contribution < -0.4 is 4.80 Å². The topological polar surface area (TPSA) is 50.8 Å². The third-order valence-electron chi connectivity index (χ3n) is 4.78. The number of rotatable bonds is 5. The van der Waals surface area contributed by atoms with Gasteiger partial charge in [0.05, 0.1) is 17.8 Å². The molecule has 2 aromatic carbocycles. The smallest absolute Gasteiger partial charge is 0.185 e. The number of nitrogens with zero attached hydrogens (tertiary/aromatic N) is 2. The van der Waals surface area contributed by atoms with Crippen molar-refractivity contribution in [1.29, 1.82) is 5.41 Å². The molecule has 0 fully saturated rings. The molecule has 0 aliphatic heterocycles. The van der Waals surface area contributed by atoms with Crippen LogP contribution in [0.3, 0.4) is 0 Å². The molecule has 2 aromatic heterocycles. The molecule has 27 heavy (non-hydrogen) atoms. The van der Waals surface area contributed by atoms with Crippen LogP contribution in [0.4, 0.5) is 0 Å². The molecule has 4 aromatic rings. The summed E-state index contributed by atoms with van der Waals surface area (Å²) in [5.41, 5.74) is 3.81. The second-order valence-corrected chi connectivity index (χ2v) is 7.78. The predicted molar refractivity (Wildman–Crippen MR) is 110 cm³/mol. The first-order chi connectivity index (χ1) is 13.1. The highest BCUT2D eigenvalue weighted by Crippen LogP contribution is 2.34. The second kappa shape index (κ2) is 7.00. The van der Waals surface area contributed by atoms with Gasteiger partial charge in [0, 0.05) is 28.5 Å². The number of aromatic nitrogens is 2. The Morgan fingerprint density at radius 2 is 1.78 bits per heavy atom. The fourth-order valence-corrected chi connectivity index (χ4v) is 4.40. The third-order valence-corrected chi connectivity index (χ3v) is 5.64. The normalized spacial score (nSPS) is 11.2. The van der Waals surface area contributed by atoms with Crippen molar-refractivity contribution in [2.24, 2.45) is 0 Å². The van der Waals surface area contributed by atoms with Crippen molar-refractivity contribution in [3.63, 3.8) is 0 Å². The molecule has 0 aliphatic rings. The Morgan fingerprint density at radius 1 is 1.07 bits per heavy atom. The average molecular weight is 375 g/mol. The van der Waals surface area contributed by atoms with E-state index in [0.29, 0.717) is 4.80 Å². The highest BCUT2D eigenvalue weighted by Gasteiger charge is 2.23. The largest absolute Gasteiger partial charge is 0.340 e. The fraction of sp³-hybridized carbons (Fsp3) is 0.182. The number of hydrogen-bond donors (Lipinski definition) is 1. The number of carbonyl (C=O) groups is 1. The average Bonchev–Trinajstić information content (AvgIpc) is 3.18. The summed E-state index contributed by atoms with van der Waals surface area (Å²) in [4.78, 5) is 14.8. The SMILES string of the molecule is CCn1c(-c2ccccc2)c(C(=O)Cn2cc(C)sc2=N)c2ccccc21. The Kier molecular flexibility index (Phi) is 4.54. The Hall–Kier alpha value is -2.92. The summed E-state index contributed by atoms with van der Waals surface area (Å²) < 4.78 is 3.94. The quantitative estimate of drug-likeness (QED) is 0.498. The third kappa shape index (κ3) is 3.04. The maximum atomic E-state index is 13.4. The summed E-state index contributed by atoms with van der Waals surface area (Å²) in [5, 5.41) is 9.07. The van der Waals surface area contributed by atoms with Gasteiger partial charge < -0.3 is 9.13 Å². The molecular weight excluding hydrogens is 354 g/mol. The number of hydrogen-bond acceptors (Lipinski definition) is 3. The van der Waals surface area contributed by atoms with E-state index in [0.717, 1.165) is 39.1 Å². The Bertz CT molecular complexity index is 1180. The minimum Gasteiger partial charge on any atom is -0.340 e. The molecule has 0 saturated heterocycles. The number of nitrogens with one attached hydrogen (secondary N) is 1. The number of carbonyl (C=O) groups excluding carboxylic acids is 1. The van der Waals surface area contributed by atoms with Gasteiger partial charge in [-0.05, 0) is 25.5 Å².